The summed E-state index contributed by atoms with van der Waals surface area (Å²) >= 11 is 0. The molecule has 2 aliphatic heterocycles. The molecule has 0 saturated carbocycles. The average Bonchev–Trinajstić information content (AvgIpc) is 3.38. The van der Waals surface area contributed by atoms with Crippen LogP contribution >= 0.6 is 0 Å². The fraction of sp³-hybridized carbons (Fsp3) is 0.879. The molecule has 1 amide bonds. The number of carbonyl (C=O) groups is 1. The van der Waals surface area contributed by atoms with Crippen molar-refractivity contribution < 1.29 is 64.6 Å². The molecule has 2 fully saturated rings. The smallest absolute Gasteiger partial charge is 0.220 e. The standard InChI is InChI=1S/C58H107NO13/c1-3-5-7-9-11-13-15-17-19-21-22-23-24-25-26-28-30-32-34-36-38-40-42-50(63)59-46(47(62)41-39-37-35-33-31-29-27-20-18-16-14-12-10-8-6-4-2)45-69-57-55(68)53(66)56(49(44-61)71-57)72-58-54(67)52(65)51(64)48(43-60)70-58/h18,20,31,33,39,41,46-49,51-58,60-62,64-68H,3-17,19,21-30,32,34-38,40,42-45H2,1-2H3,(H,59,63)/b20-18+,33-31+,41-39+. The number of aliphatic hydroxyl groups excluding tert-OH is 8. The van der Waals surface area contributed by atoms with Crippen LogP contribution in [0.5, 0.6) is 0 Å². The normalized spacial score (nSPS) is 25.8. The van der Waals surface area contributed by atoms with Crippen LogP contribution in [-0.4, -0.2) is 140 Å². The fourth-order valence-electron chi connectivity index (χ4n) is 9.56. The summed E-state index contributed by atoms with van der Waals surface area (Å²) in [5.74, 6) is -0.250. The van der Waals surface area contributed by atoms with Gasteiger partial charge in [-0.1, -0.05) is 217 Å². The lowest BCUT2D eigenvalue weighted by molar-refractivity contribution is -0.359. The highest BCUT2D eigenvalue weighted by molar-refractivity contribution is 5.76. The van der Waals surface area contributed by atoms with Crippen molar-refractivity contribution in [1.29, 1.82) is 0 Å². The maximum Gasteiger partial charge on any atom is 0.220 e. The number of amides is 1. The first-order valence-electron chi connectivity index (χ1n) is 29.2. The fourth-order valence-corrected chi connectivity index (χ4v) is 9.56. The Morgan fingerprint density at radius 1 is 0.486 bits per heavy atom. The average molecular weight is 1030 g/mol. The summed E-state index contributed by atoms with van der Waals surface area (Å²) in [7, 11) is 0. The Balaban J connectivity index is 1.78. The second-order valence-corrected chi connectivity index (χ2v) is 20.8. The van der Waals surface area contributed by atoms with Crippen LogP contribution in [0.25, 0.3) is 0 Å². The summed E-state index contributed by atoms with van der Waals surface area (Å²) in [6.07, 6.45) is 36.1. The number of hydrogen-bond donors (Lipinski definition) is 9. The lowest BCUT2D eigenvalue weighted by Crippen LogP contribution is -2.65. The predicted octanol–water partition coefficient (Wildman–Crippen LogP) is 9.44. The van der Waals surface area contributed by atoms with Crippen LogP contribution in [0.2, 0.25) is 0 Å². The van der Waals surface area contributed by atoms with E-state index in [4.69, 9.17) is 18.9 Å². The van der Waals surface area contributed by atoms with Crippen molar-refractivity contribution in [1.82, 2.24) is 5.32 Å². The maximum atomic E-state index is 13.2. The highest BCUT2D eigenvalue weighted by Crippen LogP contribution is 2.30. The molecule has 0 spiro atoms. The molecule has 72 heavy (non-hydrogen) atoms. The Labute approximate surface area is 436 Å². The molecule has 2 aliphatic rings. The number of aliphatic hydroxyl groups is 8. The monoisotopic (exact) mass is 1030 g/mol. The van der Waals surface area contributed by atoms with E-state index in [0.29, 0.717) is 12.8 Å². The Bertz CT molecular complexity index is 1350. The molecule has 2 rings (SSSR count). The van der Waals surface area contributed by atoms with Gasteiger partial charge in [0.05, 0.1) is 32.0 Å². The van der Waals surface area contributed by atoms with Crippen LogP contribution in [0.4, 0.5) is 0 Å². The zero-order valence-corrected chi connectivity index (χ0v) is 45.2. The second kappa shape index (κ2) is 44.3. The minimum Gasteiger partial charge on any atom is -0.394 e. The van der Waals surface area contributed by atoms with Crippen LogP contribution in [0, 0.1) is 0 Å². The van der Waals surface area contributed by atoms with Crippen LogP contribution in [0.15, 0.2) is 36.5 Å². The van der Waals surface area contributed by atoms with Crippen LogP contribution in [0.3, 0.4) is 0 Å². The van der Waals surface area contributed by atoms with Gasteiger partial charge in [0.2, 0.25) is 5.91 Å². The quantitative estimate of drug-likeness (QED) is 0.0205. The number of allylic oxidation sites excluding steroid dienone is 5. The molecule has 422 valence electrons. The first kappa shape index (κ1) is 66.3. The van der Waals surface area contributed by atoms with E-state index < -0.39 is 86.8 Å². The number of unbranched alkanes of at least 4 members (excludes halogenated alkanes) is 29. The molecule has 0 aromatic rings. The molecule has 2 heterocycles. The van der Waals surface area contributed by atoms with Gasteiger partial charge in [-0.15, -0.1) is 0 Å². The van der Waals surface area contributed by atoms with Crippen molar-refractivity contribution in [3.8, 4) is 0 Å². The molecule has 2 saturated heterocycles. The molecule has 0 aliphatic carbocycles. The minimum absolute atomic E-state index is 0.250. The van der Waals surface area contributed by atoms with Gasteiger partial charge in [-0.2, -0.15) is 0 Å². The molecule has 14 nitrogen and oxygen atoms in total. The topological polar surface area (TPSA) is 228 Å². The van der Waals surface area contributed by atoms with Crippen molar-refractivity contribution in [2.24, 2.45) is 0 Å². The molecule has 9 N–H and O–H groups in total. The number of hydrogen-bond acceptors (Lipinski definition) is 13. The van der Waals surface area contributed by atoms with Gasteiger partial charge >= 0.3 is 0 Å². The van der Waals surface area contributed by atoms with Gasteiger partial charge in [0.1, 0.15) is 48.8 Å². The summed E-state index contributed by atoms with van der Waals surface area (Å²) in [6.45, 7) is 2.78. The van der Waals surface area contributed by atoms with Crippen molar-refractivity contribution in [2.45, 2.75) is 306 Å². The third-order valence-electron chi connectivity index (χ3n) is 14.3. The molecule has 0 radical (unpaired) electrons. The molecule has 12 atom stereocenters. The van der Waals surface area contributed by atoms with E-state index >= 15 is 0 Å². The van der Waals surface area contributed by atoms with Crippen molar-refractivity contribution in [3.63, 3.8) is 0 Å². The number of carbonyl (C=O) groups excluding carboxylic acids is 1. The summed E-state index contributed by atoms with van der Waals surface area (Å²) < 4.78 is 22.7. The Kier molecular flexibility index (Phi) is 40.9. The van der Waals surface area contributed by atoms with E-state index in [1.165, 1.54) is 154 Å². The van der Waals surface area contributed by atoms with Crippen LogP contribution in [-0.2, 0) is 23.7 Å². The highest BCUT2D eigenvalue weighted by atomic mass is 16.7. The SMILES string of the molecule is CCCCCCCC/C=C/CC/C=C/CC/C=C/C(O)C(COC1OC(CO)C(OC2OC(CO)C(O)C(O)C2O)C(O)C1O)NC(=O)CCCCCCCCCCCCCCCCCCCCCCCC. The van der Waals surface area contributed by atoms with E-state index in [1.54, 1.807) is 6.08 Å². The molecule has 12 unspecified atom stereocenters. The zero-order valence-electron chi connectivity index (χ0n) is 45.2. The van der Waals surface area contributed by atoms with Gasteiger partial charge in [0.15, 0.2) is 12.6 Å². The zero-order chi connectivity index (χ0) is 52.4. The van der Waals surface area contributed by atoms with Crippen molar-refractivity contribution >= 4 is 5.91 Å². The third kappa shape index (κ3) is 30.1. The Hall–Kier alpha value is -1.79. The van der Waals surface area contributed by atoms with E-state index in [2.05, 4.69) is 43.5 Å². The van der Waals surface area contributed by atoms with Gasteiger partial charge in [-0.25, -0.2) is 0 Å². The molecule has 0 bridgehead atoms. The molecule has 0 aromatic carbocycles. The highest BCUT2D eigenvalue weighted by Gasteiger charge is 2.51. The molecule has 0 aromatic heterocycles. The summed E-state index contributed by atoms with van der Waals surface area (Å²) in [5.41, 5.74) is 0. The number of rotatable bonds is 46. The minimum atomic E-state index is -1.79. The van der Waals surface area contributed by atoms with Crippen LogP contribution in [0.1, 0.15) is 232 Å². The maximum absolute atomic E-state index is 13.2. The number of nitrogens with one attached hydrogen (secondary N) is 1. The van der Waals surface area contributed by atoms with Crippen LogP contribution < -0.4 is 5.32 Å². The summed E-state index contributed by atoms with van der Waals surface area (Å²) in [6, 6.07) is -0.934. The Morgan fingerprint density at radius 3 is 1.36 bits per heavy atom. The first-order chi connectivity index (χ1) is 35.1. The lowest BCUT2D eigenvalue weighted by atomic mass is 9.97. The third-order valence-corrected chi connectivity index (χ3v) is 14.3. The summed E-state index contributed by atoms with van der Waals surface area (Å²) in [4.78, 5) is 13.2. The molecule has 14 heteroatoms. The Morgan fingerprint density at radius 2 is 0.889 bits per heavy atom. The van der Waals surface area contributed by atoms with Gasteiger partial charge in [0, 0.05) is 6.42 Å². The summed E-state index contributed by atoms with van der Waals surface area (Å²) in [5, 5.41) is 87.0. The van der Waals surface area contributed by atoms with E-state index in [1.807, 2.05) is 6.08 Å². The number of ether oxygens (including phenoxy) is 4. The van der Waals surface area contributed by atoms with Gasteiger partial charge < -0.3 is 65.1 Å². The second-order valence-electron chi connectivity index (χ2n) is 20.8. The first-order valence-corrected chi connectivity index (χ1v) is 29.2. The van der Waals surface area contributed by atoms with Gasteiger partial charge in [0.25, 0.3) is 0 Å². The molecular weight excluding hydrogens is 919 g/mol. The van der Waals surface area contributed by atoms with E-state index in [9.17, 15) is 45.6 Å². The largest absolute Gasteiger partial charge is 0.394 e. The van der Waals surface area contributed by atoms with E-state index in [0.717, 1.165) is 44.9 Å². The van der Waals surface area contributed by atoms with E-state index in [-0.39, 0.29) is 18.9 Å². The lowest BCUT2D eigenvalue weighted by Gasteiger charge is -2.46. The molecular formula is C58H107NO13. The van der Waals surface area contributed by atoms with Crippen molar-refractivity contribution in [3.05, 3.63) is 36.5 Å². The van der Waals surface area contributed by atoms with Gasteiger partial charge in [-0.05, 0) is 44.9 Å². The predicted molar refractivity (Wildman–Crippen MR) is 286 cm³/mol. The van der Waals surface area contributed by atoms with Crippen molar-refractivity contribution in [2.75, 3.05) is 19.8 Å². The van der Waals surface area contributed by atoms with Gasteiger partial charge in [-0.3, -0.25) is 4.79 Å².